The van der Waals surface area contributed by atoms with Gasteiger partial charge in [0.2, 0.25) is 12.3 Å². The summed E-state index contributed by atoms with van der Waals surface area (Å²) in [6, 6.07) is 10.4. The van der Waals surface area contributed by atoms with Gasteiger partial charge in [-0.15, -0.1) is 0 Å². The summed E-state index contributed by atoms with van der Waals surface area (Å²) in [4.78, 5) is 39.9. The van der Waals surface area contributed by atoms with E-state index in [-0.39, 0.29) is 12.3 Å². The first-order valence-electron chi connectivity index (χ1n) is 8.93. The Kier molecular flexibility index (Phi) is 4.75. The number of azo groups is 2. The zero-order valence-electron chi connectivity index (χ0n) is 15.9. The lowest BCUT2D eigenvalue weighted by molar-refractivity contribution is -0.536. The molecule has 3 heterocycles. The van der Waals surface area contributed by atoms with E-state index in [0.717, 1.165) is 16.1 Å². The Morgan fingerprint density at radius 3 is 2.55 bits per heavy atom. The van der Waals surface area contributed by atoms with Crippen molar-refractivity contribution in [2.45, 2.75) is 12.8 Å². The Bertz CT molecular complexity index is 996. The van der Waals surface area contributed by atoms with Crippen LogP contribution < -0.4 is 9.64 Å². The number of amides is 2. The molecule has 1 fully saturated rings. The van der Waals surface area contributed by atoms with Crippen molar-refractivity contribution in [1.29, 1.82) is 0 Å². The summed E-state index contributed by atoms with van der Waals surface area (Å²) in [5.74, 6) is -0.938. The standard InChI is InChI=1S/C19H19N4O6/c1-27-13-5-3-12(4-6-13)21-9-10-22-16(24)17(25)23(20-19(21)22)11-14-7-8-15(29-14)18(26)28-2/h3-8,19H,9-11H2,1-2H3/q+1. The summed E-state index contributed by atoms with van der Waals surface area (Å²) < 4.78 is 16.2. The molecule has 1 aromatic heterocycles. The second-order valence-corrected chi connectivity index (χ2v) is 6.47. The van der Waals surface area contributed by atoms with E-state index in [9.17, 15) is 14.4 Å². The summed E-state index contributed by atoms with van der Waals surface area (Å²) in [6.45, 7) is 0.870. The van der Waals surface area contributed by atoms with Crippen molar-refractivity contribution in [3.63, 3.8) is 0 Å². The van der Waals surface area contributed by atoms with E-state index in [1.807, 2.05) is 29.2 Å². The molecule has 1 unspecified atom stereocenters. The predicted octanol–water partition coefficient (Wildman–Crippen LogP) is 1.21. The smallest absolute Gasteiger partial charge is 0.497 e. The van der Waals surface area contributed by atoms with E-state index in [2.05, 4.69) is 9.85 Å². The highest BCUT2D eigenvalue weighted by atomic mass is 16.5. The van der Waals surface area contributed by atoms with Crippen LogP contribution in [-0.2, 0) is 20.9 Å². The summed E-state index contributed by atoms with van der Waals surface area (Å²) in [5.41, 5.74) is 0.857. The molecule has 10 heteroatoms. The van der Waals surface area contributed by atoms with Crippen molar-refractivity contribution >= 4 is 23.5 Å². The largest absolute Gasteiger partial charge is 0.502 e. The third-order valence-corrected chi connectivity index (χ3v) is 4.82. The number of carbonyl (C=O) groups is 3. The molecule has 2 aliphatic heterocycles. The van der Waals surface area contributed by atoms with Gasteiger partial charge in [0.15, 0.2) is 5.76 Å². The molecular formula is C19H19N4O6+. The summed E-state index contributed by atoms with van der Waals surface area (Å²) >= 11 is 0. The molecule has 0 saturated carbocycles. The minimum absolute atomic E-state index is 0.0145. The molecule has 29 heavy (non-hydrogen) atoms. The van der Waals surface area contributed by atoms with Crippen LogP contribution >= 0.6 is 0 Å². The van der Waals surface area contributed by atoms with E-state index in [4.69, 9.17) is 9.15 Å². The Morgan fingerprint density at radius 1 is 1.14 bits per heavy atom. The van der Waals surface area contributed by atoms with E-state index in [1.165, 1.54) is 18.1 Å². The maximum atomic E-state index is 12.6. The van der Waals surface area contributed by atoms with E-state index >= 15 is 0 Å². The predicted molar refractivity (Wildman–Crippen MR) is 97.3 cm³/mol. The number of benzene rings is 1. The van der Waals surface area contributed by atoms with Crippen molar-refractivity contribution in [1.82, 2.24) is 4.90 Å². The van der Waals surface area contributed by atoms with Gasteiger partial charge in [0.25, 0.3) is 6.29 Å². The monoisotopic (exact) mass is 399 g/mol. The van der Waals surface area contributed by atoms with Gasteiger partial charge < -0.3 is 18.8 Å². The summed E-state index contributed by atoms with van der Waals surface area (Å²) in [5, 5.41) is 4.45. The maximum Gasteiger partial charge on any atom is 0.502 e. The molecule has 1 atom stereocenters. The van der Waals surface area contributed by atoms with E-state index in [1.54, 1.807) is 13.2 Å². The average molecular weight is 399 g/mol. The van der Waals surface area contributed by atoms with Gasteiger partial charge in [-0.2, -0.15) is 0 Å². The first-order valence-corrected chi connectivity index (χ1v) is 8.93. The van der Waals surface area contributed by atoms with Crippen LogP contribution in [0, 0.1) is 0 Å². The van der Waals surface area contributed by atoms with Crippen LogP contribution in [0.1, 0.15) is 16.3 Å². The van der Waals surface area contributed by atoms with Gasteiger partial charge in [-0.1, -0.05) is 0 Å². The topological polar surface area (TPSA) is 105 Å². The second kappa shape index (κ2) is 7.38. The van der Waals surface area contributed by atoms with Gasteiger partial charge in [0, 0.05) is 23.9 Å². The van der Waals surface area contributed by atoms with Crippen molar-refractivity contribution in [3.05, 3.63) is 47.9 Å². The average Bonchev–Trinajstić information content (AvgIpc) is 3.38. The van der Waals surface area contributed by atoms with Gasteiger partial charge in [-0.05, 0) is 41.1 Å². The van der Waals surface area contributed by atoms with Gasteiger partial charge >= 0.3 is 17.8 Å². The fourth-order valence-corrected chi connectivity index (χ4v) is 3.33. The zero-order valence-corrected chi connectivity index (χ0v) is 15.9. The summed E-state index contributed by atoms with van der Waals surface area (Å²) in [7, 11) is 2.83. The fraction of sp³-hybridized carbons (Fsp3) is 0.316. The highest BCUT2D eigenvalue weighted by Crippen LogP contribution is 2.28. The molecule has 10 nitrogen and oxygen atoms in total. The Labute approximate surface area is 165 Å². The Hall–Kier alpha value is -3.69. The molecular weight excluding hydrogens is 380 g/mol. The number of methoxy groups -OCH3 is 2. The number of esters is 1. The molecule has 0 aliphatic carbocycles. The number of rotatable bonds is 5. The van der Waals surface area contributed by atoms with Crippen LogP contribution in [0.2, 0.25) is 0 Å². The van der Waals surface area contributed by atoms with Gasteiger partial charge in [0.1, 0.15) is 5.75 Å². The molecule has 0 spiro atoms. The van der Waals surface area contributed by atoms with Crippen LogP contribution in [0.25, 0.3) is 0 Å². The zero-order chi connectivity index (χ0) is 20.5. The van der Waals surface area contributed by atoms with E-state index in [0.29, 0.717) is 18.8 Å². The maximum absolute atomic E-state index is 12.6. The van der Waals surface area contributed by atoms with Crippen LogP contribution in [0.3, 0.4) is 0 Å². The quantitative estimate of drug-likeness (QED) is 0.423. The molecule has 2 aromatic rings. The third-order valence-electron chi connectivity index (χ3n) is 4.82. The first-order chi connectivity index (χ1) is 14.0. The normalized spacial score (nSPS) is 18.6. The van der Waals surface area contributed by atoms with Crippen LogP contribution in [0.4, 0.5) is 5.69 Å². The Balaban J connectivity index is 1.60. The molecule has 150 valence electrons. The lowest BCUT2D eigenvalue weighted by Crippen LogP contribution is -2.51. The molecule has 2 aliphatic rings. The minimum Gasteiger partial charge on any atom is -0.497 e. The molecule has 2 amide bonds. The third kappa shape index (κ3) is 3.33. The van der Waals surface area contributed by atoms with Crippen LogP contribution in [-0.4, -0.2) is 61.0 Å². The molecule has 1 saturated heterocycles. The SMILES string of the molecule is COC(=O)c1ccc(C[N+]2=NC3N(CCN3c3ccc(OC)cc3)C(=O)C2=O)o1. The van der Waals surface area contributed by atoms with Crippen molar-refractivity contribution in [2.75, 3.05) is 32.2 Å². The van der Waals surface area contributed by atoms with Crippen molar-refractivity contribution in [3.8, 4) is 5.75 Å². The Morgan fingerprint density at radius 2 is 1.86 bits per heavy atom. The highest BCUT2D eigenvalue weighted by molar-refractivity contribution is 6.31. The molecule has 0 N–H and O–H groups in total. The number of ether oxygens (including phenoxy) is 2. The van der Waals surface area contributed by atoms with Gasteiger partial charge in [-0.3, -0.25) is 9.69 Å². The lowest BCUT2D eigenvalue weighted by Gasteiger charge is -2.27. The molecule has 1 aromatic carbocycles. The fourth-order valence-electron chi connectivity index (χ4n) is 3.33. The minimum atomic E-state index is -0.742. The number of carbonyl (C=O) groups excluding carboxylic acids is 3. The number of nitrogens with zero attached hydrogens (tertiary/aromatic N) is 4. The number of anilines is 1. The number of furan rings is 1. The van der Waals surface area contributed by atoms with Crippen molar-refractivity contribution < 1.29 is 33.0 Å². The van der Waals surface area contributed by atoms with E-state index < -0.39 is 24.1 Å². The second-order valence-electron chi connectivity index (χ2n) is 6.47. The number of hydrogen-bond acceptors (Lipinski definition) is 8. The molecule has 4 rings (SSSR count). The molecule has 0 bridgehead atoms. The first kappa shape index (κ1) is 18.7. The van der Waals surface area contributed by atoms with Gasteiger partial charge in [0.05, 0.1) is 14.2 Å². The number of hydrogen-bond donors (Lipinski definition) is 0. The van der Waals surface area contributed by atoms with Crippen LogP contribution in [0.15, 0.2) is 45.9 Å². The summed E-state index contributed by atoms with van der Waals surface area (Å²) in [6.07, 6.45) is -0.636. The molecule has 0 radical (unpaired) electrons. The highest BCUT2D eigenvalue weighted by Gasteiger charge is 2.49. The van der Waals surface area contributed by atoms with Crippen LogP contribution in [0.5, 0.6) is 5.75 Å². The van der Waals surface area contributed by atoms with Crippen molar-refractivity contribution in [2.24, 2.45) is 5.11 Å². The number of fused-ring (bicyclic) bond motifs is 1. The van der Waals surface area contributed by atoms with Gasteiger partial charge in [-0.25, -0.2) is 9.59 Å². The lowest BCUT2D eigenvalue weighted by atomic mass is 10.3.